The minimum Gasteiger partial charge on any atom is -0.349 e. The fourth-order valence-electron chi connectivity index (χ4n) is 2.62. The van der Waals surface area contributed by atoms with Gasteiger partial charge >= 0.3 is 6.18 Å². The van der Waals surface area contributed by atoms with Crippen molar-refractivity contribution in [2.24, 2.45) is 4.99 Å². The number of guanidine groups is 1. The number of hydrogen-bond donors (Lipinski definition) is 0. The molecule has 1 aromatic carbocycles. The van der Waals surface area contributed by atoms with Gasteiger partial charge in [-0.15, -0.1) is 24.0 Å². The highest BCUT2D eigenvalue weighted by Gasteiger charge is 2.45. The van der Waals surface area contributed by atoms with Gasteiger partial charge in [-0.2, -0.15) is 13.2 Å². The molecule has 0 aromatic heterocycles. The number of hydrogen-bond acceptors (Lipinski definition) is 1. The van der Waals surface area contributed by atoms with E-state index in [2.05, 4.69) is 4.99 Å². The van der Waals surface area contributed by atoms with E-state index in [1.807, 2.05) is 38.0 Å². The smallest absolute Gasteiger partial charge is 0.349 e. The third-order valence-corrected chi connectivity index (χ3v) is 3.98. The maximum atomic E-state index is 12.9. The molecule has 0 spiro atoms. The summed E-state index contributed by atoms with van der Waals surface area (Å²) < 4.78 is 38.6. The maximum absolute atomic E-state index is 12.9. The lowest BCUT2D eigenvalue weighted by atomic mass is 9.94. The van der Waals surface area contributed by atoms with Gasteiger partial charge in [-0.05, 0) is 24.5 Å². The van der Waals surface area contributed by atoms with E-state index in [1.54, 1.807) is 6.07 Å². The minimum atomic E-state index is -4.30. The molecule has 0 aliphatic heterocycles. The molecule has 23 heavy (non-hydrogen) atoms. The van der Waals surface area contributed by atoms with Crippen LogP contribution in [0.4, 0.5) is 13.2 Å². The molecule has 0 bridgehead atoms. The number of aliphatic imine (C=N–C) groups is 1. The van der Waals surface area contributed by atoms with Gasteiger partial charge < -0.3 is 9.80 Å². The SMILES string of the molecule is CN(C)C(=NCC1(c2cccc(C(F)(F)F)c2)CC1)N(C)C.I. The van der Waals surface area contributed by atoms with E-state index < -0.39 is 11.7 Å². The zero-order chi connectivity index (χ0) is 16.5. The molecule has 1 aliphatic rings. The summed E-state index contributed by atoms with van der Waals surface area (Å²) in [5.74, 6) is 0.818. The molecule has 2 rings (SSSR count). The van der Waals surface area contributed by atoms with Crippen LogP contribution in [0.2, 0.25) is 0 Å². The van der Waals surface area contributed by atoms with E-state index in [1.165, 1.54) is 12.1 Å². The van der Waals surface area contributed by atoms with Gasteiger partial charge in [0.15, 0.2) is 5.96 Å². The third kappa shape index (κ3) is 4.74. The van der Waals surface area contributed by atoms with E-state index in [-0.39, 0.29) is 29.4 Å². The molecule has 0 atom stereocenters. The summed E-state index contributed by atoms with van der Waals surface area (Å²) in [5.41, 5.74) is -0.0814. The molecule has 0 radical (unpaired) electrons. The summed E-state index contributed by atoms with van der Waals surface area (Å²) in [6, 6.07) is 5.66. The average Bonchev–Trinajstić information content (AvgIpc) is 3.18. The van der Waals surface area contributed by atoms with E-state index in [9.17, 15) is 13.2 Å². The van der Waals surface area contributed by atoms with Gasteiger partial charge in [-0.3, -0.25) is 4.99 Å². The van der Waals surface area contributed by atoms with Crippen LogP contribution in [0.25, 0.3) is 0 Å². The topological polar surface area (TPSA) is 18.8 Å². The Balaban J connectivity index is 0.00000264. The van der Waals surface area contributed by atoms with Crippen LogP contribution in [0.5, 0.6) is 0 Å². The summed E-state index contributed by atoms with van der Waals surface area (Å²) in [7, 11) is 7.62. The second-order valence-electron chi connectivity index (χ2n) is 6.26. The van der Waals surface area contributed by atoms with Gasteiger partial charge in [0.1, 0.15) is 0 Å². The molecule has 0 heterocycles. The lowest BCUT2D eigenvalue weighted by molar-refractivity contribution is -0.137. The quantitative estimate of drug-likeness (QED) is 0.404. The molecule has 0 saturated heterocycles. The maximum Gasteiger partial charge on any atom is 0.416 e. The number of alkyl halides is 3. The molecule has 0 N–H and O–H groups in total. The number of halogens is 4. The van der Waals surface area contributed by atoms with Crippen molar-refractivity contribution in [3.05, 3.63) is 35.4 Å². The van der Waals surface area contributed by atoms with Crippen LogP contribution in [-0.2, 0) is 11.6 Å². The van der Waals surface area contributed by atoms with Crippen LogP contribution in [-0.4, -0.2) is 50.5 Å². The highest BCUT2D eigenvalue weighted by atomic mass is 127. The van der Waals surface area contributed by atoms with E-state index in [0.717, 1.165) is 30.4 Å². The summed E-state index contributed by atoms with van der Waals surface area (Å²) in [4.78, 5) is 8.42. The van der Waals surface area contributed by atoms with Crippen molar-refractivity contribution in [1.82, 2.24) is 9.80 Å². The number of rotatable bonds is 3. The summed E-state index contributed by atoms with van der Waals surface area (Å²) in [6.45, 7) is 0.514. The fourth-order valence-corrected chi connectivity index (χ4v) is 2.62. The first kappa shape index (κ1) is 20.1. The van der Waals surface area contributed by atoms with Crippen LogP contribution < -0.4 is 0 Å². The Morgan fingerprint density at radius 3 is 2.13 bits per heavy atom. The second kappa shape index (κ2) is 7.27. The predicted molar refractivity (Wildman–Crippen MR) is 97.4 cm³/mol. The van der Waals surface area contributed by atoms with Crippen LogP contribution >= 0.6 is 24.0 Å². The molecular weight excluding hydrogens is 418 g/mol. The normalized spacial score (nSPS) is 15.4. The van der Waals surface area contributed by atoms with Crippen molar-refractivity contribution >= 4 is 29.9 Å². The van der Waals surface area contributed by atoms with E-state index in [4.69, 9.17) is 0 Å². The average molecular weight is 441 g/mol. The molecule has 0 amide bonds. The van der Waals surface area contributed by atoms with E-state index >= 15 is 0 Å². The molecule has 0 unspecified atom stereocenters. The number of nitrogens with zero attached hydrogens (tertiary/aromatic N) is 3. The van der Waals surface area contributed by atoms with Crippen molar-refractivity contribution in [3.63, 3.8) is 0 Å². The monoisotopic (exact) mass is 441 g/mol. The molecular formula is C16H23F3IN3. The molecule has 1 saturated carbocycles. The second-order valence-corrected chi connectivity index (χ2v) is 6.26. The Morgan fingerprint density at radius 2 is 1.70 bits per heavy atom. The summed E-state index contributed by atoms with van der Waals surface area (Å²) in [5, 5.41) is 0. The summed E-state index contributed by atoms with van der Waals surface area (Å²) >= 11 is 0. The van der Waals surface area contributed by atoms with Crippen LogP contribution in [0.1, 0.15) is 24.0 Å². The van der Waals surface area contributed by atoms with Crippen LogP contribution in [0, 0.1) is 0 Å². The Bertz CT molecular complexity index is 554. The molecule has 130 valence electrons. The fraction of sp³-hybridized carbons (Fsp3) is 0.562. The molecule has 1 aliphatic carbocycles. The van der Waals surface area contributed by atoms with Crippen LogP contribution in [0.3, 0.4) is 0 Å². The lowest BCUT2D eigenvalue weighted by Crippen LogP contribution is -2.36. The first-order valence-electron chi connectivity index (χ1n) is 7.22. The summed E-state index contributed by atoms with van der Waals surface area (Å²) in [6.07, 6.45) is -2.54. The van der Waals surface area contributed by atoms with Crippen molar-refractivity contribution in [2.75, 3.05) is 34.7 Å². The van der Waals surface area contributed by atoms with Crippen molar-refractivity contribution < 1.29 is 13.2 Å². The van der Waals surface area contributed by atoms with Gasteiger partial charge in [-0.1, -0.05) is 18.2 Å². The van der Waals surface area contributed by atoms with Gasteiger partial charge in [0.2, 0.25) is 0 Å². The highest BCUT2D eigenvalue weighted by molar-refractivity contribution is 14.0. The minimum absolute atomic E-state index is 0. The Kier molecular flexibility index (Phi) is 6.34. The van der Waals surface area contributed by atoms with Gasteiger partial charge in [-0.25, -0.2) is 0 Å². The van der Waals surface area contributed by atoms with Crippen molar-refractivity contribution in [2.45, 2.75) is 24.4 Å². The van der Waals surface area contributed by atoms with E-state index in [0.29, 0.717) is 6.54 Å². The first-order chi connectivity index (χ1) is 10.2. The Morgan fingerprint density at radius 1 is 1.13 bits per heavy atom. The zero-order valence-electron chi connectivity index (χ0n) is 13.8. The largest absolute Gasteiger partial charge is 0.416 e. The Labute approximate surface area is 152 Å². The molecule has 1 fully saturated rings. The zero-order valence-corrected chi connectivity index (χ0v) is 16.1. The molecule has 1 aromatic rings. The van der Waals surface area contributed by atoms with Gasteiger partial charge in [0.05, 0.1) is 12.1 Å². The molecule has 7 heteroatoms. The van der Waals surface area contributed by atoms with Crippen molar-refractivity contribution in [3.8, 4) is 0 Å². The van der Waals surface area contributed by atoms with Crippen molar-refractivity contribution in [1.29, 1.82) is 0 Å². The third-order valence-electron chi connectivity index (χ3n) is 3.98. The lowest BCUT2D eigenvalue weighted by Gasteiger charge is -2.24. The standard InChI is InChI=1S/C16H22F3N3.HI/c1-21(2)14(22(3)4)20-11-15(8-9-15)12-6-5-7-13(10-12)16(17,18)19;/h5-7,10H,8-9,11H2,1-4H3;1H. The molecule has 3 nitrogen and oxygen atoms in total. The first-order valence-corrected chi connectivity index (χ1v) is 7.22. The highest BCUT2D eigenvalue weighted by Crippen LogP contribution is 2.49. The number of benzene rings is 1. The van der Waals surface area contributed by atoms with Gasteiger partial charge in [0.25, 0.3) is 0 Å². The van der Waals surface area contributed by atoms with Crippen LogP contribution in [0.15, 0.2) is 29.3 Å². The Hall–Kier alpha value is -0.990. The van der Waals surface area contributed by atoms with Gasteiger partial charge in [0, 0.05) is 33.6 Å². The predicted octanol–water partition coefficient (Wildman–Crippen LogP) is 3.83.